The lowest BCUT2D eigenvalue weighted by molar-refractivity contribution is 0.0502. The molecule has 0 unspecified atom stereocenters. The summed E-state index contributed by atoms with van der Waals surface area (Å²) in [4.78, 5) is 30.0. The number of ether oxygens (including phenoxy) is 1. The van der Waals surface area contributed by atoms with E-state index >= 15 is 0 Å². The van der Waals surface area contributed by atoms with Gasteiger partial charge in [0.05, 0.1) is 36.1 Å². The summed E-state index contributed by atoms with van der Waals surface area (Å²) in [6.07, 6.45) is 3.21. The summed E-state index contributed by atoms with van der Waals surface area (Å²) in [5.74, 6) is 0.183. The maximum Gasteiger partial charge on any atom is 0.339 e. The topological polar surface area (TPSA) is 87.2 Å². The van der Waals surface area contributed by atoms with Crippen LogP contribution in [-0.2, 0) is 11.3 Å². The Kier molecular flexibility index (Phi) is 4.98. The Bertz CT molecular complexity index is 951. The second kappa shape index (κ2) is 7.18. The van der Waals surface area contributed by atoms with Crippen LogP contribution in [0.1, 0.15) is 47.1 Å². The lowest BCUT2D eigenvalue weighted by atomic mass is 10.2. The smallest absolute Gasteiger partial charge is 0.339 e. The Balaban J connectivity index is 1.97. The van der Waals surface area contributed by atoms with Crippen molar-refractivity contribution < 1.29 is 14.1 Å². The molecule has 0 aromatic carbocycles. The number of unbranched alkanes of at least 4 members (excludes halogenated alkanes) is 1. The van der Waals surface area contributed by atoms with Gasteiger partial charge in [0.15, 0.2) is 0 Å². The van der Waals surface area contributed by atoms with Crippen LogP contribution in [0.4, 0.5) is 0 Å². The number of aromatic nitrogens is 3. The Hall–Kier alpha value is -2.48. The first-order chi connectivity index (χ1) is 12.0. The Morgan fingerprint density at radius 1 is 1.40 bits per heavy atom. The number of fused-ring (bicyclic) bond motifs is 1. The molecule has 7 nitrogen and oxygen atoms in total. The molecule has 25 heavy (non-hydrogen) atoms. The highest BCUT2D eigenvalue weighted by molar-refractivity contribution is 7.17. The summed E-state index contributed by atoms with van der Waals surface area (Å²) in [7, 11) is 0. The van der Waals surface area contributed by atoms with Crippen molar-refractivity contribution in [3.63, 3.8) is 0 Å². The minimum atomic E-state index is -0.478. The third-order valence-electron chi connectivity index (χ3n) is 4.02. The second-order valence-electron chi connectivity index (χ2n) is 5.80. The van der Waals surface area contributed by atoms with E-state index < -0.39 is 5.97 Å². The van der Waals surface area contributed by atoms with Gasteiger partial charge in [0.25, 0.3) is 5.56 Å². The van der Waals surface area contributed by atoms with Gasteiger partial charge in [-0.1, -0.05) is 18.5 Å². The molecule has 3 heterocycles. The molecule has 3 rings (SSSR count). The molecule has 0 aliphatic carbocycles. The first-order valence-corrected chi connectivity index (χ1v) is 8.96. The highest BCUT2D eigenvalue weighted by Gasteiger charge is 2.19. The van der Waals surface area contributed by atoms with Crippen molar-refractivity contribution in [2.45, 2.75) is 40.2 Å². The van der Waals surface area contributed by atoms with Crippen LogP contribution in [0.3, 0.4) is 0 Å². The van der Waals surface area contributed by atoms with Gasteiger partial charge in [0.1, 0.15) is 10.6 Å². The van der Waals surface area contributed by atoms with Crippen molar-refractivity contribution in [2.24, 2.45) is 0 Å². The van der Waals surface area contributed by atoms with Gasteiger partial charge in [-0.05, 0) is 20.3 Å². The molecule has 3 aromatic heterocycles. The number of carbonyl (C=O) groups is 1. The highest BCUT2D eigenvalue weighted by atomic mass is 32.1. The van der Waals surface area contributed by atoms with Gasteiger partial charge in [0.2, 0.25) is 0 Å². The number of nitrogens with zero attached hydrogens (tertiary/aromatic N) is 3. The van der Waals surface area contributed by atoms with E-state index in [4.69, 9.17) is 9.26 Å². The van der Waals surface area contributed by atoms with Crippen LogP contribution in [0.5, 0.6) is 0 Å². The number of hydrogen-bond donors (Lipinski definition) is 0. The summed E-state index contributed by atoms with van der Waals surface area (Å²) < 4.78 is 11.8. The first kappa shape index (κ1) is 17.3. The van der Waals surface area contributed by atoms with Gasteiger partial charge in [-0.2, -0.15) is 0 Å². The van der Waals surface area contributed by atoms with Gasteiger partial charge in [-0.25, -0.2) is 9.78 Å². The van der Waals surface area contributed by atoms with Crippen LogP contribution < -0.4 is 5.56 Å². The predicted molar refractivity (Wildman–Crippen MR) is 94.1 cm³/mol. The van der Waals surface area contributed by atoms with Crippen molar-refractivity contribution in [3.05, 3.63) is 44.6 Å². The molecule has 0 amide bonds. The number of thiophene rings is 1. The average molecular weight is 361 g/mol. The minimum absolute atomic E-state index is 0.270. The van der Waals surface area contributed by atoms with E-state index in [0.29, 0.717) is 29.1 Å². The van der Waals surface area contributed by atoms with Crippen molar-refractivity contribution in [1.29, 1.82) is 0 Å². The number of hydrogen-bond acceptors (Lipinski definition) is 7. The fraction of sp³-hybridized carbons (Fsp3) is 0.412. The lowest BCUT2D eigenvalue weighted by Crippen LogP contribution is -2.22. The van der Waals surface area contributed by atoms with E-state index in [1.807, 2.05) is 13.8 Å². The molecule has 0 radical (unpaired) electrons. The average Bonchev–Trinajstić information content (AvgIpc) is 3.16. The summed E-state index contributed by atoms with van der Waals surface area (Å²) in [5, 5.41) is 5.84. The van der Waals surface area contributed by atoms with Crippen molar-refractivity contribution in [1.82, 2.24) is 14.7 Å². The third kappa shape index (κ3) is 3.34. The van der Waals surface area contributed by atoms with E-state index in [0.717, 1.165) is 24.1 Å². The molecular weight excluding hydrogens is 342 g/mol. The molecule has 8 heteroatoms. The van der Waals surface area contributed by atoms with Crippen molar-refractivity contribution in [3.8, 4) is 0 Å². The normalized spacial score (nSPS) is 11.2. The molecular formula is C17H19N3O4S. The fourth-order valence-corrected chi connectivity index (χ4v) is 3.38. The van der Waals surface area contributed by atoms with Crippen LogP contribution in [0.25, 0.3) is 10.2 Å². The number of esters is 1. The van der Waals surface area contributed by atoms with Gasteiger partial charge in [-0.15, -0.1) is 11.3 Å². The molecule has 0 saturated heterocycles. The zero-order valence-electron chi connectivity index (χ0n) is 14.4. The zero-order chi connectivity index (χ0) is 18.0. The number of aryl methyl sites for hydroxylation is 2. The molecule has 132 valence electrons. The monoisotopic (exact) mass is 361 g/mol. The van der Waals surface area contributed by atoms with E-state index in [9.17, 15) is 9.59 Å². The summed E-state index contributed by atoms with van der Waals surface area (Å²) in [6.45, 7) is 6.28. The minimum Gasteiger partial charge on any atom is -0.462 e. The molecule has 0 spiro atoms. The van der Waals surface area contributed by atoms with E-state index in [2.05, 4.69) is 10.1 Å². The first-order valence-electron chi connectivity index (χ1n) is 8.08. The fourth-order valence-electron chi connectivity index (χ4n) is 2.52. The maximum absolute atomic E-state index is 12.9. The summed E-state index contributed by atoms with van der Waals surface area (Å²) >= 11 is 1.26. The zero-order valence-corrected chi connectivity index (χ0v) is 15.2. The van der Waals surface area contributed by atoms with Crippen LogP contribution >= 0.6 is 11.3 Å². The van der Waals surface area contributed by atoms with Crippen molar-refractivity contribution in [2.75, 3.05) is 6.61 Å². The van der Waals surface area contributed by atoms with Crippen LogP contribution in [0, 0.1) is 13.8 Å². The SMILES string of the molecule is CCCCOC(=O)c1csc2ncn(Cc3c(C)noc3C)c(=O)c12. The highest BCUT2D eigenvalue weighted by Crippen LogP contribution is 2.22. The maximum atomic E-state index is 12.9. The van der Waals surface area contributed by atoms with Crippen LogP contribution in [0.15, 0.2) is 21.0 Å². The predicted octanol–water partition coefficient (Wildman–Crippen LogP) is 3.07. The number of carbonyl (C=O) groups excluding carboxylic acids is 1. The largest absolute Gasteiger partial charge is 0.462 e. The molecule has 0 N–H and O–H groups in total. The van der Waals surface area contributed by atoms with Gasteiger partial charge in [-0.3, -0.25) is 9.36 Å². The molecule has 0 bridgehead atoms. The van der Waals surface area contributed by atoms with E-state index in [1.54, 1.807) is 12.3 Å². The Morgan fingerprint density at radius 2 is 2.20 bits per heavy atom. The standard InChI is InChI=1S/C17H19N3O4S/c1-4-5-6-23-17(22)13-8-25-15-14(13)16(21)20(9-18-15)7-12-10(2)19-24-11(12)3/h8-9H,4-7H2,1-3H3. The number of rotatable bonds is 6. The molecule has 0 saturated carbocycles. The van der Waals surface area contributed by atoms with Crippen LogP contribution in [0.2, 0.25) is 0 Å². The van der Waals surface area contributed by atoms with Crippen LogP contribution in [-0.4, -0.2) is 27.3 Å². The lowest BCUT2D eigenvalue weighted by Gasteiger charge is -2.06. The Morgan fingerprint density at radius 3 is 2.88 bits per heavy atom. The third-order valence-corrected chi connectivity index (χ3v) is 4.91. The van der Waals surface area contributed by atoms with Gasteiger partial charge >= 0.3 is 5.97 Å². The molecule has 3 aromatic rings. The van der Waals surface area contributed by atoms with Crippen molar-refractivity contribution >= 4 is 27.5 Å². The quantitative estimate of drug-likeness (QED) is 0.495. The molecule has 0 aliphatic rings. The Labute approximate surface area is 148 Å². The summed E-state index contributed by atoms with van der Waals surface area (Å²) in [6, 6.07) is 0. The van der Waals surface area contributed by atoms with Gasteiger partial charge in [0, 0.05) is 10.9 Å². The van der Waals surface area contributed by atoms with Gasteiger partial charge < -0.3 is 9.26 Å². The second-order valence-corrected chi connectivity index (χ2v) is 6.66. The summed E-state index contributed by atoms with van der Waals surface area (Å²) in [5.41, 5.74) is 1.58. The van der Waals surface area contributed by atoms with E-state index in [1.165, 1.54) is 22.2 Å². The molecule has 0 aliphatic heterocycles. The van der Waals surface area contributed by atoms with E-state index in [-0.39, 0.29) is 11.1 Å². The molecule has 0 atom stereocenters. The molecule has 0 fully saturated rings.